The van der Waals surface area contributed by atoms with Crippen LogP contribution in [0.5, 0.6) is 0 Å². The summed E-state index contributed by atoms with van der Waals surface area (Å²) in [5, 5.41) is 11.1. The molecule has 1 aromatic carbocycles. The minimum Gasteiger partial charge on any atom is -0.349 e. The molecule has 0 radical (unpaired) electrons. The number of pyridine rings is 1. The molecule has 29 heavy (non-hydrogen) atoms. The summed E-state index contributed by atoms with van der Waals surface area (Å²) >= 11 is 0. The molecule has 148 valence electrons. The lowest BCUT2D eigenvalue weighted by molar-refractivity contribution is -0.121. The number of amides is 1. The van der Waals surface area contributed by atoms with Crippen LogP contribution in [0.2, 0.25) is 0 Å². The smallest absolute Gasteiger partial charge is 0.220 e. The zero-order chi connectivity index (χ0) is 20.0. The van der Waals surface area contributed by atoms with E-state index in [4.69, 9.17) is 0 Å². The largest absolute Gasteiger partial charge is 0.349 e. The van der Waals surface area contributed by atoms with Gasteiger partial charge in [-0.15, -0.1) is 10.2 Å². The molecule has 0 saturated carbocycles. The highest BCUT2D eigenvalue weighted by molar-refractivity contribution is 5.77. The maximum Gasteiger partial charge on any atom is 0.220 e. The number of hydrogen-bond acceptors (Lipinski definition) is 4. The van der Waals surface area contributed by atoms with Crippen molar-refractivity contribution in [2.45, 2.75) is 51.5 Å². The summed E-state index contributed by atoms with van der Waals surface area (Å²) < 4.78 is 16.9. The summed E-state index contributed by atoms with van der Waals surface area (Å²) in [5.74, 6) is 0.553. The molecule has 1 aliphatic heterocycles. The first kappa shape index (κ1) is 18.0. The van der Waals surface area contributed by atoms with Crippen LogP contribution in [0.25, 0.3) is 16.8 Å². The van der Waals surface area contributed by atoms with E-state index in [0.29, 0.717) is 12.1 Å². The Bertz CT molecular complexity index is 1110. The van der Waals surface area contributed by atoms with Crippen molar-refractivity contribution in [1.29, 1.82) is 0 Å². The number of hydrogen-bond donors (Lipinski definition) is 1. The topological polar surface area (TPSA) is 72.7 Å². The van der Waals surface area contributed by atoms with Gasteiger partial charge in [-0.05, 0) is 60.1 Å². The zero-order valence-electron chi connectivity index (χ0n) is 16.3. The van der Waals surface area contributed by atoms with Crippen LogP contribution in [0.1, 0.15) is 54.7 Å². The van der Waals surface area contributed by atoms with E-state index >= 15 is 4.39 Å². The quantitative estimate of drug-likeness (QED) is 0.742. The van der Waals surface area contributed by atoms with Gasteiger partial charge < -0.3 is 5.32 Å². The van der Waals surface area contributed by atoms with Gasteiger partial charge in [-0.25, -0.2) is 4.39 Å². The Labute approximate surface area is 168 Å². The Morgan fingerprint density at radius 2 is 2.17 bits per heavy atom. The van der Waals surface area contributed by atoms with E-state index in [2.05, 4.69) is 26.6 Å². The van der Waals surface area contributed by atoms with Crippen LogP contribution < -0.4 is 5.32 Å². The molecule has 1 unspecified atom stereocenters. The molecular formula is C22H22FN5O. The number of carbonyl (C=O) groups is 1. The van der Waals surface area contributed by atoms with Gasteiger partial charge in [-0.2, -0.15) is 0 Å². The fraction of sp³-hybridized carbons (Fsp3) is 0.364. The van der Waals surface area contributed by atoms with Crippen molar-refractivity contribution in [3.05, 3.63) is 59.2 Å². The fourth-order valence-electron chi connectivity index (χ4n) is 4.55. The number of aromatic nitrogens is 4. The summed E-state index contributed by atoms with van der Waals surface area (Å²) in [6, 6.07) is 3.62. The van der Waals surface area contributed by atoms with Gasteiger partial charge in [-0.1, -0.05) is 6.92 Å². The van der Waals surface area contributed by atoms with Crippen molar-refractivity contribution in [3.8, 4) is 16.8 Å². The number of nitrogens with one attached hydrogen (secondary N) is 1. The van der Waals surface area contributed by atoms with Gasteiger partial charge in [-0.3, -0.25) is 14.3 Å². The van der Waals surface area contributed by atoms with E-state index in [1.165, 1.54) is 0 Å². The molecule has 5 rings (SSSR count). The number of benzene rings is 1. The van der Waals surface area contributed by atoms with E-state index < -0.39 is 0 Å². The standard InChI is InChI=1S/C22H22FN5O/c1-2-21(29)26-19-5-3-4-15-16(10-24-11-17(15)19)14-8-13-6-7-20-27-25-12-28(20)22(13)18(23)9-14/h8-12,19H,2-7H2,1H3,(H,26,29). The van der Waals surface area contributed by atoms with E-state index in [0.717, 1.165) is 65.7 Å². The third-order valence-corrected chi connectivity index (χ3v) is 5.97. The maximum atomic E-state index is 15.1. The number of fused-ring (bicyclic) bond motifs is 4. The zero-order valence-corrected chi connectivity index (χ0v) is 16.3. The molecule has 3 heterocycles. The van der Waals surface area contributed by atoms with Gasteiger partial charge in [0.2, 0.25) is 5.91 Å². The van der Waals surface area contributed by atoms with Crippen LogP contribution in [-0.2, 0) is 24.1 Å². The summed E-state index contributed by atoms with van der Waals surface area (Å²) in [4.78, 5) is 16.4. The molecule has 2 aromatic heterocycles. The second-order valence-electron chi connectivity index (χ2n) is 7.70. The fourth-order valence-corrected chi connectivity index (χ4v) is 4.55. The average molecular weight is 391 g/mol. The van der Waals surface area contributed by atoms with Crippen LogP contribution in [-0.4, -0.2) is 25.7 Å². The summed E-state index contributed by atoms with van der Waals surface area (Å²) in [6.45, 7) is 1.85. The van der Waals surface area contributed by atoms with Crippen molar-refractivity contribution >= 4 is 5.91 Å². The van der Waals surface area contributed by atoms with Gasteiger partial charge >= 0.3 is 0 Å². The van der Waals surface area contributed by atoms with Gasteiger partial charge in [0, 0.05) is 30.8 Å². The van der Waals surface area contributed by atoms with E-state index in [1.807, 2.05) is 19.3 Å². The number of rotatable bonds is 3. The summed E-state index contributed by atoms with van der Waals surface area (Å²) in [5.41, 5.74) is 5.50. The van der Waals surface area contributed by atoms with Crippen molar-refractivity contribution in [2.24, 2.45) is 0 Å². The average Bonchev–Trinajstić information content (AvgIpc) is 3.22. The molecule has 1 N–H and O–H groups in total. The molecule has 0 bridgehead atoms. The molecule has 2 aliphatic rings. The minimum atomic E-state index is -0.275. The predicted octanol–water partition coefficient (Wildman–Crippen LogP) is 3.47. The molecule has 3 aromatic rings. The molecule has 1 aliphatic carbocycles. The van der Waals surface area contributed by atoms with E-state index in [-0.39, 0.29) is 17.8 Å². The Kier molecular flexibility index (Phi) is 4.38. The first-order valence-corrected chi connectivity index (χ1v) is 10.1. The first-order chi connectivity index (χ1) is 14.2. The number of halogens is 1. The lowest BCUT2D eigenvalue weighted by Crippen LogP contribution is -2.30. The summed E-state index contributed by atoms with van der Waals surface area (Å²) in [6.07, 6.45) is 9.95. The molecular weight excluding hydrogens is 369 g/mol. The molecule has 1 amide bonds. The van der Waals surface area contributed by atoms with Crippen LogP contribution in [0.4, 0.5) is 4.39 Å². The molecule has 6 nitrogen and oxygen atoms in total. The summed E-state index contributed by atoms with van der Waals surface area (Å²) in [7, 11) is 0. The lowest BCUT2D eigenvalue weighted by atomic mass is 9.84. The molecule has 0 fully saturated rings. The van der Waals surface area contributed by atoms with Gasteiger partial charge in [0.05, 0.1) is 11.7 Å². The third kappa shape index (κ3) is 3.01. The Balaban J connectivity index is 1.59. The number of nitrogens with zero attached hydrogens (tertiary/aromatic N) is 4. The Morgan fingerprint density at radius 1 is 1.28 bits per heavy atom. The van der Waals surface area contributed by atoms with Crippen molar-refractivity contribution in [1.82, 2.24) is 25.1 Å². The van der Waals surface area contributed by atoms with Crippen molar-refractivity contribution < 1.29 is 9.18 Å². The van der Waals surface area contributed by atoms with Crippen LogP contribution in [0.3, 0.4) is 0 Å². The van der Waals surface area contributed by atoms with Crippen molar-refractivity contribution in [2.75, 3.05) is 0 Å². The number of carbonyl (C=O) groups excluding carboxylic acids is 1. The first-order valence-electron chi connectivity index (χ1n) is 10.1. The predicted molar refractivity (Wildman–Crippen MR) is 106 cm³/mol. The van der Waals surface area contributed by atoms with Gasteiger partial charge in [0.1, 0.15) is 18.0 Å². The Morgan fingerprint density at radius 3 is 3.03 bits per heavy atom. The SMILES string of the molecule is CCC(=O)NC1CCCc2c(-c3cc(F)c4c(c3)CCc3nncn3-4)cncc21. The van der Waals surface area contributed by atoms with Crippen molar-refractivity contribution in [3.63, 3.8) is 0 Å². The third-order valence-electron chi connectivity index (χ3n) is 5.97. The van der Waals surface area contributed by atoms with Gasteiger partial charge in [0.25, 0.3) is 0 Å². The molecule has 7 heteroatoms. The molecule has 0 spiro atoms. The van der Waals surface area contributed by atoms with E-state index in [9.17, 15) is 4.79 Å². The van der Waals surface area contributed by atoms with E-state index in [1.54, 1.807) is 17.0 Å². The van der Waals surface area contributed by atoms with Crippen LogP contribution >= 0.6 is 0 Å². The lowest BCUT2D eigenvalue weighted by Gasteiger charge is -2.28. The van der Waals surface area contributed by atoms with Crippen LogP contribution in [0, 0.1) is 5.82 Å². The second kappa shape index (κ2) is 7.06. The molecule has 0 saturated heterocycles. The maximum absolute atomic E-state index is 15.1. The minimum absolute atomic E-state index is 0.0271. The monoisotopic (exact) mass is 391 g/mol. The number of aryl methyl sites for hydroxylation is 2. The van der Waals surface area contributed by atoms with Crippen LogP contribution in [0.15, 0.2) is 30.9 Å². The second-order valence-corrected chi connectivity index (χ2v) is 7.70. The Hall–Kier alpha value is -3.09. The highest BCUT2D eigenvalue weighted by atomic mass is 19.1. The highest BCUT2D eigenvalue weighted by Crippen LogP contribution is 2.38. The normalized spacial score (nSPS) is 17.2. The van der Waals surface area contributed by atoms with Gasteiger partial charge in [0.15, 0.2) is 0 Å². The highest BCUT2D eigenvalue weighted by Gasteiger charge is 2.26. The molecule has 1 atom stereocenters.